The van der Waals surface area contributed by atoms with E-state index in [1.807, 2.05) is 170 Å². The van der Waals surface area contributed by atoms with Crippen molar-refractivity contribution in [3.8, 4) is 0 Å². The van der Waals surface area contributed by atoms with E-state index in [2.05, 4.69) is 10.6 Å². The predicted octanol–water partition coefficient (Wildman–Crippen LogP) is 8.58. The molecule has 14 heteroatoms. The first-order valence-electron chi connectivity index (χ1n) is 26.4. The maximum atomic E-state index is 14.8. The van der Waals surface area contributed by atoms with Crippen LogP contribution in [0.2, 0.25) is 0 Å². The molecule has 6 aromatic carbocycles. The number of ether oxygens (including phenoxy) is 10. The molecule has 0 unspecified atom stereocenters. The fourth-order valence-corrected chi connectivity index (χ4v) is 10.2. The molecule has 14 nitrogen and oxygen atoms in total. The average molecular weight is 1040 g/mol. The third kappa shape index (κ3) is 14.7. The molecule has 2 fully saturated rings. The maximum absolute atomic E-state index is 14.8. The van der Waals surface area contributed by atoms with E-state index in [9.17, 15) is 9.59 Å². The van der Waals surface area contributed by atoms with E-state index in [1.54, 1.807) is 14.2 Å². The van der Waals surface area contributed by atoms with Crippen LogP contribution in [0.5, 0.6) is 0 Å². The summed E-state index contributed by atoms with van der Waals surface area (Å²) < 4.78 is 65.6. The van der Waals surface area contributed by atoms with Gasteiger partial charge in [0.2, 0.25) is 0 Å². The molecule has 76 heavy (non-hydrogen) atoms. The normalized spacial score (nSPS) is 25.6. The zero-order valence-electron chi connectivity index (χ0n) is 43.3. The zero-order chi connectivity index (χ0) is 52.3. The lowest BCUT2D eigenvalue weighted by Gasteiger charge is -2.46. The van der Waals surface area contributed by atoms with Crippen LogP contribution in [0.1, 0.15) is 66.9 Å². The van der Waals surface area contributed by atoms with Crippen molar-refractivity contribution in [1.82, 2.24) is 10.6 Å². The van der Waals surface area contributed by atoms with Gasteiger partial charge in [0.1, 0.15) is 48.7 Å². The molecular weight excluding hydrogens is 965 g/mol. The number of amides is 2. The Morgan fingerprint density at radius 1 is 0.447 bits per heavy atom. The Bertz CT molecular complexity index is 2500. The second kappa shape index (κ2) is 28.3. The molecule has 3 aliphatic rings. The maximum Gasteiger partial charge on any atom is 0.252 e. The number of nitrogens with one attached hydrogen (secondary N) is 2. The lowest BCUT2D eigenvalue weighted by atomic mass is 9.94. The van der Waals surface area contributed by atoms with Crippen LogP contribution >= 0.6 is 0 Å². The van der Waals surface area contributed by atoms with Crippen molar-refractivity contribution in [2.24, 2.45) is 0 Å². The minimum Gasteiger partial charge on any atom is -0.374 e. The molecule has 400 valence electrons. The van der Waals surface area contributed by atoms with Gasteiger partial charge in [0.15, 0.2) is 12.6 Å². The molecule has 2 saturated heterocycles. The van der Waals surface area contributed by atoms with Crippen molar-refractivity contribution in [2.75, 3.05) is 40.6 Å². The summed E-state index contributed by atoms with van der Waals surface area (Å²) in [6.45, 7) is 2.06. The van der Waals surface area contributed by atoms with E-state index >= 15 is 0 Å². The summed E-state index contributed by atoms with van der Waals surface area (Å²) in [6, 6.07) is 53.1. The number of methoxy groups -OCH3 is 2. The Hall–Kier alpha value is -6.14. The number of rotatable bonds is 16. The van der Waals surface area contributed by atoms with Crippen LogP contribution in [0.3, 0.4) is 0 Å². The van der Waals surface area contributed by atoms with E-state index in [4.69, 9.17) is 47.4 Å². The molecule has 3 aliphatic heterocycles. The van der Waals surface area contributed by atoms with Crippen molar-refractivity contribution < 1.29 is 57.0 Å². The summed E-state index contributed by atoms with van der Waals surface area (Å²) in [4.78, 5) is 29.6. The summed E-state index contributed by atoms with van der Waals surface area (Å²) >= 11 is 0. The fraction of sp³-hybridized carbons (Fsp3) is 0.387. The van der Waals surface area contributed by atoms with Crippen molar-refractivity contribution >= 4 is 11.8 Å². The van der Waals surface area contributed by atoms with E-state index in [0.29, 0.717) is 50.0 Å². The molecule has 10 atom stereocenters. The van der Waals surface area contributed by atoms with E-state index in [-0.39, 0.29) is 51.5 Å². The smallest absolute Gasteiger partial charge is 0.252 e. The number of aryl methyl sites for hydroxylation is 2. The number of hydrogen-bond acceptors (Lipinski definition) is 12. The molecule has 0 saturated carbocycles. The lowest BCUT2D eigenvalue weighted by Crippen LogP contribution is -2.66. The van der Waals surface area contributed by atoms with Crippen LogP contribution in [0, 0.1) is 0 Å². The summed E-state index contributed by atoms with van der Waals surface area (Å²) in [5.74, 6) is -0.625. The standard InChI is InChI=1S/C62H70N2O12/c1-67-61-53-57(55(73-39-45-25-11-5-12-26-45)51(75-61)41-69-37-43-21-7-3-8-22-43)71-35-19-31-48-30-16-18-34-50(48)60(66)64-54-58(72-36-20-32-47-29-15-17-33-49(47)59(65)63-53)56(74-40-46-27-13-6-14-28-46)52(76-62(54)68-2)42-70-38-44-23-9-4-10-24-44/h3-18,21-30,33-34,51-58,61-62H,19-20,31-32,35-42H2,1-2H3,(H,63,65)(H,64,66)/t51-,52-,53-,54-,55-,56-,57-,58-,61+,62+/m1/s1. The van der Waals surface area contributed by atoms with Gasteiger partial charge >= 0.3 is 0 Å². The van der Waals surface area contributed by atoms with Gasteiger partial charge < -0.3 is 58.0 Å². The van der Waals surface area contributed by atoms with Crippen LogP contribution in [-0.2, 0) is 86.6 Å². The van der Waals surface area contributed by atoms with Crippen LogP contribution in [-0.4, -0.2) is 114 Å². The Kier molecular flexibility index (Phi) is 20.3. The monoisotopic (exact) mass is 1030 g/mol. The van der Waals surface area contributed by atoms with E-state index in [0.717, 1.165) is 33.4 Å². The minimum absolute atomic E-state index is 0.168. The highest BCUT2D eigenvalue weighted by Gasteiger charge is 2.50. The van der Waals surface area contributed by atoms with Crippen LogP contribution < -0.4 is 10.6 Å². The molecule has 2 amide bonds. The number of fused-ring (bicyclic) bond motifs is 4. The molecule has 0 radical (unpaired) electrons. The van der Waals surface area contributed by atoms with Crippen LogP contribution in [0.25, 0.3) is 0 Å². The van der Waals surface area contributed by atoms with Crippen molar-refractivity contribution in [3.05, 3.63) is 214 Å². The van der Waals surface area contributed by atoms with Crippen LogP contribution in [0.15, 0.2) is 170 Å². The molecule has 0 spiro atoms. The number of benzene rings is 6. The van der Waals surface area contributed by atoms with E-state index in [1.165, 1.54) is 0 Å². The topological polar surface area (TPSA) is 151 Å². The second-order valence-electron chi connectivity index (χ2n) is 19.3. The summed E-state index contributed by atoms with van der Waals surface area (Å²) in [5, 5.41) is 6.58. The van der Waals surface area contributed by atoms with Gasteiger partial charge in [-0.3, -0.25) is 9.59 Å². The summed E-state index contributed by atoms with van der Waals surface area (Å²) in [5.41, 5.74) is 6.58. The lowest BCUT2D eigenvalue weighted by molar-refractivity contribution is -0.282. The third-order valence-electron chi connectivity index (χ3n) is 14.0. The highest BCUT2D eigenvalue weighted by Crippen LogP contribution is 2.32. The van der Waals surface area contributed by atoms with Gasteiger partial charge in [-0.2, -0.15) is 0 Å². The van der Waals surface area contributed by atoms with Gasteiger partial charge in [-0.25, -0.2) is 0 Å². The zero-order valence-corrected chi connectivity index (χ0v) is 43.3. The largest absolute Gasteiger partial charge is 0.374 e. The van der Waals surface area contributed by atoms with Gasteiger partial charge in [0.25, 0.3) is 11.8 Å². The van der Waals surface area contributed by atoms with Crippen LogP contribution in [0.4, 0.5) is 0 Å². The molecule has 0 bridgehead atoms. The fourth-order valence-electron chi connectivity index (χ4n) is 10.2. The summed E-state index contributed by atoms with van der Waals surface area (Å²) in [7, 11) is 3.12. The number of carbonyl (C=O) groups is 2. The quantitative estimate of drug-likeness (QED) is 0.0956. The predicted molar refractivity (Wildman–Crippen MR) is 285 cm³/mol. The Balaban J connectivity index is 1.01. The van der Waals surface area contributed by atoms with Gasteiger partial charge in [0.05, 0.1) is 39.6 Å². The highest BCUT2D eigenvalue weighted by atomic mass is 16.7. The van der Waals surface area contributed by atoms with Gasteiger partial charge in [-0.1, -0.05) is 158 Å². The first kappa shape index (κ1) is 54.6. The molecule has 0 aliphatic carbocycles. The van der Waals surface area contributed by atoms with Crippen molar-refractivity contribution in [3.63, 3.8) is 0 Å². The van der Waals surface area contributed by atoms with Gasteiger partial charge in [-0.15, -0.1) is 0 Å². The molecular formula is C62H70N2O12. The van der Waals surface area contributed by atoms with E-state index < -0.39 is 61.3 Å². The number of carbonyl (C=O) groups excluding carboxylic acids is 2. The SMILES string of the molecule is CO[C@H]1O[C@H](COCc2ccccc2)[C@@H](OCc2ccccc2)[C@@H]2OCCCc3ccccc3C(=O)N[C@H]3[C@@H](OC)O[C@H](COCc4ccccc4)[C@@H](OCc4ccccc4)[C@@H]3OCCCc3ccccc3C(=O)N[C@@H]12. The molecule has 0 aromatic heterocycles. The third-order valence-corrected chi connectivity index (χ3v) is 14.0. The first-order valence-corrected chi connectivity index (χ1v) is 26.4. The van der Waals surface area contributed by atoms with Gasteiger partial charge in [-0.05, 0) is 71.2 Å². The minimum atomic E-state index is -0.924. The average Bonchev–Trinajstić information content (AvgIpc) is 3.46. The molecule has 6 aromatic rings. The van der Waals surface area contributed by atoms with Crippen molar-refractivity contribution in [2.45, 2.75) is 113 Å². The second-order valence-corrected chi connectivity index (χ2v) is 19.3. The number of hydrogen-bond donors (Lipinski definition) is 2. The highest BCUT2D eigenvalue weighted by molar-refractivity contribution is 5.96. The Morgan fingerprint density at radius 3 is 1.16 bits per heavy atom. The Labute approximate surface area is 446 Å². The first-order chi connectivity index (χ1) is 37.4. The molecule has 2 N–H and O–H groups in total. The molecule has 9 rings (SSSR count). The summed E-state index contributed by atoms with van der Waals surface area (Å²) in [6.07, 6.45) is -4.02. The van der Waals surface area contributed by atoms with Gasteiger partial charge in [0, 0.05) is 38.6 Å². The molecule has 3 heterocycles. The Morgan fingerprint density at radius 2 is 0.789 bits per heavy atom. The van der Waals surface area contributed by atoms with Crippen molar-refractivity contribution in [1.29, 1.82) is 0 Å².